The Kier molecular flexibility index (Phi) is 5.15. The van der Waals surface area contributed by atoms with E-state index in [0.717, 1.165) is 5.56 Å². The van der Waals surface area contributed by atoms with Gasteiger partial charge >= 0.3 is 0 Å². The fraction of sp³-hybridized carbons (Fsp3) is 0.278. The lowest BCUT2D eigenvalue weighted by Gasteiger charge is -2.25. The number of para-hydroxylation sites is 2. The van der Waals surface area contributed by atoms with E-state index in [1.165, 1.54) is 12.1 Å². The third kappa shape index (κ3) is 3.97. The predicted molar refractivity (Wildman–Crippen MR) is 95.3 cm³/mol. The van der Waals surface area contributed by atoms with Crippen LogP contribution in [0.2, 0.25) is 0 Å². The number of benzene rings is 2. The van der Waals surface area contributed by atoms with Gasteiger partial charge in [-0.1, -0.05) is 38.1 Å². The smallest absolute Gasteiger partial charge is 0.279 e. The van der Waals surface area contributed by atoms with Crippen LogP contribution >= 0.6 is 0 Å². The summed E-state index contributed by atoms with van der Waals surface area (Å²) in [5, 5.41) is 0. The highest BCUT2D eigenvalue weighted by atomic mass is 32.2. The minimum Gasteiger partial charge on any atom is -0.485 e. The predicted octanol–water partition coefficient (Wildman–Crippen LogP) is 1.96. The van der Waals surface area contributed by atoms with Crippen molar-refractivity contribution in [2.75, 3.05) is 6.61 Å². The first kappa shape index (κ1) is 18.2. The van der Waals surface area contributed by atoms with E-state index >= 15 is 0 Å². The van der Waals surface area contributed by atoms with Gasteiger partial charge in [-0.25, -0.2) is 8.42 Å². The number of amides is 1. The van der Waals surface area contributed by atoms with Gasteiger partial charge in [0.25, 0.3) is 15.9 Å². The van der Waals surface area contributed by atoms with E-state index in [1.807, 2.05) is 13.8 Å². The molecule has 0 spiro atoms. The molecular formula is C18H20N2O5S. The summed E-state index contributed by atoms with van der Waals surface area (Å²) in [6, 6.07) is 13.4. The second-order valence-corrected chi connectivity index (χ2v) is 7.87. The summed E-state index contributed by atoms with van der Waals surface area (Å²) < 4.78 is 35.6. The first-order valence-corrected chi connectivity index (χ1v) is 9.65. The van der Waals surface area contributed by atoms with Crippen molar-refractivity contribution < 1.29 is 22.7 Å². The number of ether oxygens (including phenoxy) is 2. The molecule has 2 N–H and O–H groups in total. The van der Waals surface area contributed by atoms with Crippen molar-refractivity contribution in [3.63, 3.8) is 0 Å². The molecule has 8 heteroatoms. The van der Waals surface area contributed by atoms with Gasteiger partial charge in [0.1, 0.15) is 6.61 Å². The second-order valence-electron chi connectivity index (χ2n) is 6.18. The molecule has 1 heterocycles. The average Bonchev–Trinajstić information content (AvgIpc) is 2.66. The summed E-state index contributed by atoms with van der Waals surface area (Å²) in [5.74, 6) is 0.640. The molecule has 138 valence electrons. The number of hydrazine groups is 1. The maximum Gasteiger partial charge on any atom is 0.279 e. The molecule has 1 amide bonds. The Morgan fingerprint density at radius 1 is 1.08 bits per heavy atom. The molecule has 0 bridgehead atoms. The number of carbonyl (C=O) groups excluding carboxylic acids is 1. The third-order valence-corrected chi connectivity index (χ3v) is 5.23. The molecule has 1 atom stereocenters. The molecular weight excluding hydrogens is 356 g/mol. The van der Waals surface area contributed by atoms with Crippen molar-refractivity contribution in [2.45, 2.75) is 30.8 Å². The molecule has 1 aliphatic rings. The van der Waals surface area contributed by atoms with Crippen molar-refractivity contribution in [1.29, 1.82) is 0 Å². The lowest BCUT2D eigenvalue weighted by Crippen LogP contribution is -2.50. The van der Waals surface area contributed by atoms with Crippen LogP contribution in [0.5, 0.6) is 11.5 Å². The fourth-order valence-corrected chi connectivity index (χ4v) is 3.28. The summed E-state index contributed by atoms with van der Waals surface area (Å²) in [4.78, 5) is 14.3. The summed E-state index contributed by atoms with van der Waals surface area (Å²) in [7, 11) is -3.88. The summed E-state index contributed by atoms with van der Waals surface area (Å²) in [5.41, 5.74) is 3.20. The van der Waals surface area contributed by atoms with Crippen LogP contribution in [0.1, 0.15) is 25.3 Å². The lowest BCUT2D eigenvalue weighted by molar-refractivity contribution is -0.130. The van der Waals surface area contributed by atoms with E-state index in [9.17, 15) is 13.2 Å². The topological polar surface area (TPSA) is 93.7 Å². The Hall–Kier alpha value is -2.58. The van der Waals surface area contributed by atoms with Gasteiger partial charge in [-0.15, -0.1) is 4.83 Å². The van der Waals surface area contributed by atoms with Crippen molar-refractivity contribution >= 4 is 15.9 Å². The molecule has 1 aliphatic heterocycles. The Labute approximate surface area is 152 Å². The average molecular weight is 376 g/mol. The summed E-state index contributed by atoms with van der Waals surface area (Å²) >= 11 is 0. The van der Waals surface area contributed by atoms with Crippen molar-refractivity contribution in [3.8, 4) is 11.5 Å². The molecule has 0 aliphatic carbocycles. The van der Waals surface area contributed by atoms with Crippen molar-refractivity contribution in [3.05, 3.63) is 54.1 Å². The maximum absolute atomic E-state index is 12.3. The van der Waals surface area contributed by atoms with Gasteiger partial charge in [-0.3, -0.25) is 10.2 Å². The Morgan fingerprint density at radius 3 is 2.38 bits per heavy atom. The molecule has 0 fully saturated rings. The monoisotopic (exact) mass is 376 g/mol. The highest BCUT2D eigenvalue weighted by Crippen LogP contribution is 2.30. The summed E-state index contributed by atoms with van der Waals surface area (Å²) in [6.45, 7) is 4.03. The Balaban J connectivity index is 1.62. The van der Waals surface area contributed by atoms with Gasteiger partial charge < -0.3 is 9.47 Å². The zero-order valence-corrected chi connectivity index (χ0v) is 15.2. The molecule has 0 aromatic heterocycles. The van der Waals surface area contributed by atoms with Crippen LogP contribution < -0.4 is 19.7 Å². The quantitative estimate of drug-likeness (QED) is 0.778. The molecule has 0 saturated carbocycles. The number of hydrogen-bond acceptors (Lipinski definition) is 5. The fourth-order valence-electron chi connectivity index (χ4n) is 2.44. The number of rotatable bonds is 5. The second kappa shape index (κ2) is 7.35. The van der Waals surface area contributed by atoms with Gasteiger partial charge in [0.15, 0.2) is 11.5 Å². The van der Waals surface area contributed by atoms with E-state index in [4.69, 9.17) is 9.47 Å². The van der Waals surface area contributed by atoms with Crippen LogP contribution in [-0.4, -0.2) is 27.0 Å². The van der Waals surface area contributed by atoms with Crippen molar-refractivity contribution in [2.24, 2.45) is 0 Å². The number of carbonyl (C=O) groups is 1. The maximum atomic E-state index is 12.3. The Bertz CT molecular complexity index is 894. The van der Waals surface area contributed by atoms with Gasteiger partial charge in [0.05, 0.1) is 4.90 Å². The largest absolute Gasteiger partial charge is 0.485 e. The minimum absolute atomic E-state index is 0.00629. The molecule has 2 aromatic carbocycles. The van der Waals surface area contributed by atoms with Gasteiger partial charge in [-0.2, -0.15) is 0 Å². The number of nitrogens with one attached hydrogen (secondary N) is 2. The number of sulfonamides is 1. The highest BCUT2D eigenvalue weighted by Gasteiger charge is 2.28. The van der Waals surface area contributed by atoms with Gasteiger partial charge in [0.2, 0.25) is 6.10 Å². The molecule has 2 aromatic rings. The van der Waals surface area contributed by atoms with E-state index in [2.05, 4.69) is 10.3 Å². The van der Waals surface area contributed by atoms with Gasteiger partial charge in [-0.05, 0) is 35.7 Å². The number of hydrogen-bond donors (Lipinski definition) is 2. The standard InChI is InChI=1S/C18H20N2O5S/c1-12(2)13-7-9-14(10-8-13)26(22,23)20-19-18(21)17-11-24-15-5-3-4-6-16(15)25-17/h3-10,12,17,20H,11H2,1-2H3,(H,19,21)/t17-/m1/s1. The zero-order chi connectivity index (χ0) is 18.7. The molecule has 7 nitrogen and oxygen atoms in total. The van der Waals surface area contributed by atoms with E-state index in [-0.39, 0.29) is 11.5 Å². The van der Waals surface area contributed by atoms with Crippen LogP contribution in [-0.2, 0) is 14.8 Å². The normalized spacial score (nSPS) is 16.3. The zero-order valence-electron chi connectivity index (χ0n) is 14.4. The van der Waals surface area contributed by atoms with Crippen LogP contribution in [0.15, 0.2) is 53.4 Å². The highest BCUT2D eigenvalue weighted by molar-refractivity contribution is 7.89. The summed E-state index contributed by atoms with van der Waals surface area (Å²) in [6.07, 6.45) is -0.948. The van der Waals surface area contributed by atoms with Gasteiger partial charge in [0, 0.05) is 0 Å². The molecule has 0 unspecified atom stereocenters. The van der Waals surface area contributed by atoms with E-state index in [0.29, 0.717) is 17.4 Å². The molecule has 0 saturated heterocycles. The minimum atomic E-state index is -3.88. The van der Waals surface area contributed by atoms with Crippen LogP contribution in [0, 0.1) is 0 Å². The molecule has 0 radical (unpaired) electrons. The third-order valence-electron chi connectivity index (χ3n) is 3.97. The molecule has 26 heavy (non-hydrogen) atoms. The van der Waals surface area contributed by atoms with Crippen LogP contribution in [0.3, 0.4) is 0 Å². The SMILES string of the molecule is CC(C)c1ccc(S(=O)(=O)NNC(=O)[C@H]2COc3ccccc3O2)cc1. The first-order valence-electron chi connectivity index (χ1n) is 8.17. The van der Waals surface area contributed by atoms with Crippen molar-refractivity contribution in [1.82, 2.24) is 10.3 Å². The first-order chi connectivity index (χ1) is 12.4. The van der Waals surface area contributed by atoms with E-state index < -0.39 is 22.0 Å². The lowest BCUT2D eigenvalue weighted by atomic mass is 10.0. The number of fused-ring (bicyclic) bond motifs is 1. The van der Waals surface area contributed by atoms with Crippen LogP contribution in [0.4, 0.5) is 0 Å². The van der Waals surface area contributed by atoms with E-state index in [1.54, 1.807) is 36.4 Å². The van der Waals surface area contributed by atoms with Crippen LogP contribution in [0.25, 0.3) is 0 Å². The Morgan fingerprint density at radius 2 is 1.73 bits per heavy atom. The molecule has 3 rings (SSSR count).